The molecule has 2 atom stereocenters. The quantitative estimate of drug-likeness (QED) is 0.803. The summed E-state index contributed by atoms with van der Waals surface area (Å²) >= 11 is 0. The SMILES string of the molecule is CC(C#N)Oc1ccc(CNCC(C)(O)C(C)C)cc1. The first-order valence-corrected chi connectivity index (χ1v) is 6.93. The molecule has 1 aromatic carbocycles. The average Bonchev–Trinajstić information content (AvgIpc) is 2.40. The van der Waals surface area contributed by atoms with Crippen LogP contribution in [0.1, 0.15) is 33.3 Å². The first-order valence-electron chi connectivity index (χ1n) is 6.93. The van der Waals surface area contributed by atoms with E-state index in [2.05, 4.69) is 5.32 Å². The topological polar surface area (TPSA) is 65.3 Å². The van der Waals surface area contributed by atoms with Crippen LogP contribution in [0, 0.1) is 17.2 Å². The number of nitriles is 1. The van der Waals surface area contributed by atoms with Crippen molar-refractivity contribution in [1.29, 1.82) is 5.26 Å². The monoisotopic (exact) mass is 276 g/mol. The van der Waals surface area contributed by atoms with Crippen LogP contribution in [-0.4, -0.2) is 23.4 Å². The molecular weight excluding hydrogens is 252 g/mol. The van der Waals surface area contributed by atoms with Gasteiger partial charge in [-0.25, -0.2) is 0 Å². The lowest BCUT2D eigenvalue weighted by Crippen LogP contribution is -2.41. The largest absolute Gasteiger partial charge is 0.476 e. The van der Waals surface area contributed by atoms with Crippen LogP contribution in [0.3, 0.4) is 0 Å². The van der Waals surface area contributed by atoms with E-state index in [1.54, 1.807) is 6.92 Å². The predicted molar refractivity (Wildman–Crippen MR) is 79.3 cm³/mol. The van der Waals surface area contributed by atoms with Gasteiger partial charge in [-0.2, -0.15) is 5.26 Å². The summed E-state index contributed by atoms with van der Waals surface area (Å²) in [6.45, 7) is 8.80. The number of benzene rings is 1. The van der Waals surface area contributed by atoms with Gasteiger partial charge >= 0.3 is 0 Å². The molecule has 0 spiro atoms. The minimum atomic E-state index is -0.703. The van der Waals surface area contributed by atoms with E-state index in [1.807, 2.05) is 51.1 Å². The van der Waals surface area contributed by atoms with Gasteiger partial charge in [-0.1, -0.05) is 26.0 Å². The van der Waals surface area contributed by atoms with Crippen LogP contribution in [0.4, 0.5) is 0 Å². The van der Waals surface area contributed by atoms with Gasteiger partial charge < -0.3 is 15.2 Å². The Hall–Kier alpha value is -1.57. The zero-order chi connectivity index (χ0) is 15.2. The van der Waals surface area contributed by atoms with E-state index in [0.717, 1.165) is 5.56 Å². The Balaban J connectivity index is 2.45. The zero-order valence-electron chi connectivity index (χ0n) is 12.7. The number of nitrogens with zero attached hydrogens (tertiary/aromatic N) is 1. The van der Waals surface area contributed by atoms with Crippen LogP contribution in [0.15, 0.2) is 24.3 Å². The maximum absolute atomic E-state index is 10.1. The Morgan fingerprint density at radius 3 is 2.40 bits per heavy atom. The standard InChI is InChI=1S/C16H24N2O2/c1-12(2)16(4,19)11-18-10-14-5-7-15(8-6-14)20-13(3)9-17/h5-8,12-13,18-19H,10-11H2,1-4H3. The second-order valence-electron chi connectivity index (χ2n) is 5.65. The minimum Gasteiger partial charge on any atom is -0.476 e. The van der Waals surface area contributed by atoms with E-state index < -0.39 is 11.7 Å². The normalized spacial score (nSPS) is 15.4. The summed E-state index contributed by atoms with van der Waals surface area (Å²) in [4.78, 5) is 0. The molecule has 0 amide bonds. The van der Waals surface area contributed by atoms with E-state index in [1.165, 1.54) is 0 Å². The maximum atomic E-state index is 10.1. The molecule has 1 aromatic rings. The number of nitrogens with one attached hydrogen (secondary N) is 1. The Morgan fingerprint density at radius 1 is 1.30 bits per heavy atom. The molecule has 2 N–H and O–H groups in total. The van der Waals surface area contributed by atoms with Gasteiger partial charge in [0.2, 0.25) is 0 Å². The molecule has 4 heteroatoms. The zero-order valence-corrected chi connectivity index (χ0v) is 12.7. The smallest absolute Gasteiger partial charge is 0.181 e. The fraction of sp³-hybridized carbons (Fsp3) is 0.562. The molecular formula is C16H24N2O2. The first-order chi connectivity index (χ1) is 9.35. The number of ether oxygens (including phenoxy) is 1. The van der Waals surface area contributed by atoms with Gasteiger partial charge in [-0.05, 0) is 37.5 Å². The number of hydrogen-bond acceptors (Lipinski definition) is 4. The summed E-state index contributed by atoms with van der Waals surface area (Å²) in [6, 6.07) is 9.64. The molecule has 0 radical (unpaired) electrons. The van der Waals surface area contributed by atoms with Crippen LogP contribution in [0.25, 0.3) is 0 Å². The fourth-order valence-corrected chi connectivity index (χ4v) is 1.58. The molecule has 0 fully saturated rings. The minimum absolute atomic E-state index is 0.207. The molecule has 0 saturated heterocycles. The first kappa shape index (κ1) is 16.5. The van der Waals surface area contributed by atoms with Gasteiger partial charge in [0.15, 0.2) is 6.10 Å². The summed E-state index contributed by atoms with van der Waals surface area (Å²) in [5, 5.41) is 22.1. The van der Waals surface area contributed by atoms with Crippen molar-refractivity contribution in [2.45, 2.75) is 45.9 Å². The van der Waals surface area contributed by atoms with Crippen LogP contribution in [0.2, 0.25) is 0 Å². The van der Waals surface area contributed by atoms with Gasteiger partial charge in [-0.15, -0.1) is 0 Å². The van der Waals surface area contributed by atoms with Crippen molar-refractivity contribution in [2.75, 3.05) is 6.54 Å². The van der Waals surface area contributed by atoms with E-state index in [0.29, 0.717) is 18.8 Å². The molecule has 2 unspecified atom stereocenters. The third-order valence-electron chi connectivity index (χ3n) is 3.47. The van der Waals surface area contributed by atoms with Gasteiger partial charge in [0.05, 0.1) is 5.60 Å². The molecule has 0 heterocycles. The highest BCUT2D eigenvalue weighted by molar-refractivity contribution is 5.27. The second kappa shape index (κ2) is 7.28. The summed E-state index contributed by atoms with van der Waals surface area (Å²) in [5.74, 6) is 0.898. The van der Waals surface area contributed by atoms with Crippen molar-refractivity contribution in [1.82, 2.24) is 5.32 Å². The third kappa shape index (κ3) is 5.20. The summed E-state index contributed by atoms with van der Waals surface area (Å²) in [5.41, 5.74) is 0.409. The van der Waals surface area contributed by atoms with Crippen LogP contribution in [0.5, 0.6) is 5.75 Å². The van der Waals surface area contributed by atoms with Crippen molar-refractivity contribution in [3.05, 3.63) is 29.8 Å². The van der Waals surface area contributed by atoms with Gasteiger partial charge in [0.1, 0.15) is 11.8 Å². The lowest BCUT2D eigenvalue weighted by molar-refractivity contribution is 0.0140. The molecule has 110 valence electrons. The summed E-state index contributed by atoms with van der Waals surface area (Å²) in [6.07, 6.45) is -0.444. The lowest BCUT2D eigenvalue weighted by Gasteiger charge is -2.28. The average molecular weight is 276 g/mol. The van der Waals surface area contributed by atoms with Gasteiger partial charge in [0.25, 0.3) is 0 Å². The number of rotatable bonds is 7. The molecule has 0 bridgehead atoms. The fourth-order valence-electron chi connectivity index (χ4n) is 1.58. The van der Waals surface area contributed by atoms with Crippen molar-refractivity contribution < 1.29 is 9.84 Å². The highest BCUT2D eigenvalue weighted by Gasteiger charge is 2.23. The molecule has 1 rings (SSSR count). The van der Waals surface area contributed by atoms with E-state index in [-0.39, 0.29) is 5.92 Å². The Bertz CT molecular complexity index is 447. The summed E-state index contributed by atoms with van der Waals surface area (Å²) in [7, 11) is 0. The van der Waals surface area contributed by atoms with E-state index in [4.69, 9.17) is 10.00 Å². The highest BCUT2D eigenvalue weighted by Crippen LogP contribution is 2.16. The maximum Gasteiger partial charge on any atom is 0.181 e. The van der Waals surface area contributed by atoms with Crippen LogP contribution >= 0.6 is 0 Å². The van der Waals surface area contributed by atoms with Gasteiger partial charge in [-0.3, -0.25) is 0 Å². The Morgan fingerprint density at radius 2 is 1.90 bits per heavy atom. The third-order valence-corrected chi connectivity index (χ3v) is 3.47. The number of hydrogen-bond donors (Lipinski definition) is 2. The molecule has 4 nitrogen and oxygen atoms in total. The van der Waals surface area contributed by atoms with Crippen molar-refractivity contribution in [3.8, 4) is 11.8 Å². The van der Waals surface area contributed by atoms with Crippen LogP contribution < -0.4 is 10.1 Å². The Kier molecular flexibility index (Phi) is 6.00. The molecule has 0 aliphatic heterocycles. The van der Waals surface area contributed by atoms with E-state index in [9.17, 15) is 5.11 Å². The highest BCUT2D eigenvalue weighted by atomic mass is 16.5. The van der Waals surface area contributed by atoms with Gasteiger partial charge in [0, 0.05) is 13.1 Å². The number of aliphatic hydroxyl groups is 1. The summed E-state index contributed by atoms with van der Waals surface area (Å²) < 4.78 is 5.39. The molecule has 0 saturated carbocycles. The lowest BCUT2D eigenvalue weighted by atomic mass is 9.92. The molecule has 0 aromatic heterocycles. The van der Waals surface area contributed by atoms with Crippen molar-refractivity contribution in [2.24, 2.45) is 5.92 Å². The molecule has 0 aliphatic carbocycles. The Labute approximate surface area is 121 Å². The molecule has 0 aliphatic rings. The second-order valence-corrected chi connectivity index (χ2v) is 5.65. The van der Waals surface area contributed by atoms with E-state index >= 15 is 0 Å². The van der Waals surface area contributed by atoms with Crippen molar-refractivity contribution in [3.63, 3.8) is 0 Å². The van der Waals surface area contributed by atoms with Crippen LogP contribution in [-0.2, 0) is 6.54 Å². The predicted octanol–water partition coefficient (Wildman–Crippen LogP) is 2.47. The molecule has 20 heavy (non-hydrogen) atoms. The van der Waals surface area contributed by atoms with Crippen molar-refractivity contribution >= 4 is 0 Å².